The Morgan fingerprint density at radius 3 is 1.85 bits per heavy atom. The highest BCUT2D eigenvalue weighted by Gasteiger charge is 2.72. The molecule has 0 spiro atoms. The topological polar surface area (TPSA) is 18.5 Å². The number of hydrogen-bond acceptors (Lipinski definition) is 2. The molecular formula is C22H36F2O2. The van der Waals surface area contributed by atoms with Crippen molar-refractivity contribution >= 4 is 0 Å². The Labute approximate surface area is 157 Å². The van der Waals surface area contributed by atoms with Crippen molar-refractivity contribution in [3.8, 4) is 0 Å². The summed E-state index contributed by atoms with van der Waals surface area (Å²) in [5.41, 5.74) is 1.72. The monoisotopic (exact) mass is 370 g/mol. The molecule has 0 amide bonds. The van der Waals surface area contributed by atoms with Crippen molar-refractivity contribution in [1.82, 2.24) is 0 Å². The van der Waals surface area contributed by atoms with Gasteiger partial charge >= 0.3 is 6.61 Å². The van der Waals surface area contributed by atoms with Gasteiger partial charge in [-0.2, -0.15) is 8.78 Å². The smallest absolute Gasteiger partial charge is 0.345 e. The van der Waals surface area contributed by atoms with E-state index in [2.05, 4.69) is 39.4 Å². The quantitative estimate of drug-likeness (QED) is 0.466. The van der Waals surface area contributed by atoms with E-state index >= 15 is 0 Å². The molecule has 0 aliphatic heterocycles. The van der Waals surface area contributed by atoms with E-state index in [-0.39, 0.29) is 23.5 Å². The number of hydrogen-bond donors (Lipinski definition) is 0. The van der Waals surface area contributed by atoms with E-state index in [9.17, 15) is 8.78 Å². The summed E-state index contributed by atoms with van der Waals surface area (Å²) in [5, 5.41) is 0. The molecule has 0 heterocycles. The van der Waals surface area contributed by atoms with Crippen LogP contribution in [-0.4, -0.2) is 25.9 Å². The Kier molecular flexibility index (Phi) is 4.16. The van der Waals surface area contributed by atoms with Crippen LogP contribution in [0.4, 0.5) is 8.78 Å². The predicted octanol–water partition coefficient (Wildman–Crippen LogP) is 6.04. The Morgan fingerprint density at radius 1 is 0.846 bits per heavy atom. The SMILES string of the molecule is CC(CC(C)(C)C12CC(COC(F)F)(C1)C2)OCC12CC(C(C)C)(C1)C2. The molecule has 0 saturated heterocycles. The second kappa shape index (κ2) is 5.65. The maximum atomic E-state index is 12.3. The van der Waals surface area contributed by atoms with Crippen LogP contribution in [-0.2, 0) is 9.47 Å². The minimum absolute atomic E-state index is 0.0504. The maximum Gasteiger partial charge on any atom is 0.345 e. The van der Waals surface area contributed by atoms with E-state index in [0.29, 0.717) is 16.2 Å². The van der Waals surface area contributed by atoms with Crippen LogP contribution < -0.4 is 0 Å². The predicted molar refractivity (Wildman–Crippen MR) is 98.0 cm³/mol. The van der Waals surface area contributed by atoms with Crippen LogP contribution >= 0.6 is 0 Å². The zero-order valence-corrected chi connectivity index (χ0v) is 17.2. The average molecular weight is 371 g/mol. The number of alkyl halides is 2. The molecule has 0 aromatic rings. The number of halogens is 2. The van der Waals surface area contributed by atoms with Crippen molar-refractivity contribution in [2.75, 3.05) is 13.2 Å². The van der Waals surface area contributed by atoms with Gasteiger partial charge in [-0.25, -0.2) is 0 Å². The molecule has 0 radical (unpaired) electrons. The van der Waals surface area contributed by atoms with Crippen LogP contribution in [0.15, 0.2) is 0 Å². The third-order valence-electron chi connectivity index (χ3n) is 8.97. The van der Waals surface area contributed by atoms with Gasteiger partial charge in [0.05, 0.1) is 19.3 Å². The van der Waals surface area contributed by atoms with E-state index in [4.69, 9.17) is 4.74 Å². The first-order valence-electron chi connectivity index (χ1n) is 10.5. The molecule has 2 nitrogen and oxygen atoms in total. The van der Waals surface area contributed by atoms with Crippen molar-refractivity contribution in [1.29, 1.82) is 0 Å². The molecule has 6 aliphatic rings. The molecule has 150 valence electrons. The fraction of sp³-hybridized carbons (Fsp3) is 1.00. The van der Waals surface area contributed by atoms with E-state index in [0.717, 1.165) is 38.2 Å². The summed E-state index contributed by atoms with van der Waals surface area (Å²) < 4.78 is 35.5. The van der Waals surface area contributed by atoms with E-state index in [1.165, 1.54) is 19.3 Å². The molecule has 4 heteroatoms. The Balaban J connectivity index is 1.20. The van der Waals surface area contributed by atoms with Crippen LogP contribution in [0, 0.1) is 33.0 Å². The lowest BCUT2D eigenvalue weighted by molar-refractivity contribution is -0.306. The van der Waals surface area contributed by atoms with Crippen LogP contribution in [0.3, 0.4) is 0 Å². The zero-order chi connectivity index (χ0) is 19.0. The fourth-order valence-corrected chi connectivity index (χ4v) is 7.27. The van der Waals surface area contributed by atoms with Crippen LogP contribution in [0.5, 0.6) is 0 Å². The summed E-state index contributed by atoms with van der Waals surface area (Å²) >= 11 is 0. The number of ether oxygens (including phenoxy) is 2. The molecule has 0 aromatic heterocycles. The van der Waals surface area contributed by atoms with Crippen LogP contribution in [0.2, 0.25) is 0 Å². The Bertz CT molecular complexity index is 529. The molecule has 6 saturated carbocycles. The van der Waals surface area contributed by atoms with Crippen molar-refractivity contribution < 1.29 is 18.3 Å². The van der Waals surface area contributed by atoms with Crippen molar-refractivity contribution in [2.24, 2.45) is 33.0 Å². The summed E-state index contributed by atoms with van der Waals surface area (Å²) in [7, 11) is 0. The van der Waals surface area contributed by atoms with Gasteiger partial charge in [-0.3, -0.25) is 0 Å². The second-order valence-electron chi connectivity index (χ2n) is 11.6. The Morgan fingerprint density at radius 2 is 1.35 bits per heavy atom. The van der Waals surface area contributed by atoms with Gasteiger partial charge in [0.15, 0.2) is 0 Å². The zero-order valence-electron chi connectivity index (χ0n) is 17.2. The van der Waals surface area contributed by atoms with Gasteiger partial charge in [0.2, 0.25) is 0 Å². The van der Waals surface area contributed by atoms with Gasteiger partial charge in [-0.15, -0.1) is 0 Å². The van der Waals surface area contributed by atoms with Crippen molar-refractivity contribution in [3.05, 3.63) is 0 Å². The van der Waals surface area contributed by atoms with Gasteiger partial charge in [0.1, 0.15) is 0 Å². The first-order chi connectivity index (χ1) is 12.0. The maximum absolute atomic E-state index is 12.3. The standard InChI is InChI=1S/C22H36F2O2/c1-15(2)21-7-19(8-21,9-21)13-25-16(3)6-18(4,5)22-10-20(11-22,12-22)14-26-17(23)24/h15-17H,6-14H2,1-5H3. The molecule has 1 unspecified atom stereocenters. The molecule has 6 rings (SSSR count). The first-order valence-corrected chi connectivity index (χ1v) is 10.5. The van der Waals surface area contributed by atoms with Crippen molar-refractivity contribution in [3.63, 3.8) is 0 Å². The normalized spacial score (nSPS) is 44.2. The lowest BCUT2D eigenvalue weighted by Gasteiger charge is -2.76. The van der Waals surface area contributed by atoms with Gasteiger partial charge in [0.25, 0.3) is 0 Å². The fourth-order valence-electron chi connectivity index (χ4n) is 7.27. The van der Waals surface area contributed by atoms with E-state index in [1.807, 2.05) is 0 Å². The molecule has 6 aliphatic carbocycles. The summed E-state index contributed by atoms with van der Waals surface area (Å²) in [4.78, 5) is 0. The van der Waals surface area contributed by atoms with Gasteiger partial charge in [-0.1, -0.05) is 27.7 Å². The molecule has 1 atom stereocenters. The molecule has 26 heavy (non-hydrogen) atoms. The highest BCUT2D eigenvalue weighted by molar-refractivity contribution is 5.22. The Hall–Kier alpha value is -0.220. The minimum Gasteiger partial charge on any atom is -0.378 e. The van der Waals surface area contributed by atoms with Gasteiger partial charge < -0.3 is 9.47 Å². The summed E-state index contributed by atoms with van der Waals surface area (Å²) in [6.45, 7) is 10.2. The third-order valence-corrected chi connectivity index (χ3v) is 8.97. The third kappa shape index (κ3) is 2.69. The largest absolute Gasteiger partial charge is 0.378 e. The second-order valence-corrected chi connectivity index (χ2v) is 11.6. The minimum atomic E-state index is -2.63. The average Bonchev–Trinajstić information content (AvgIpc) is 2.29. The van der Waals surface area contributed by atoms with Crippen LogP contribution in [0.1, 0.15) is 79.6 Å². The van der Waals surface area contributed by atoms with E-state index in [1.54, 1.807) is 0 Å². The first kappa shape index (κ1) is 19.1. The van der Waals surface area contributed by atoms with Gasteiger partial charge in [0, 0.05) is 0 Å². The lowest BCUT2D eigenvalue weighted by atomic mass is 9.29. The van der Waals surface area contributed by atoms with E-state index < -0.39 is 6.61 Å². The summed E-state index contributed by atoms with van der Waals surface area (Å²) in [6.07, 6.45) is 8.58. The highest BCUT2D eigenvalue weighted by atomic mass is 19.3. The lowest BCUT2D eigenvalue weighted by Crippen LogP contribution is -2.69. The summed E-state index contributed by atoms with van der Waals surface area (Å²) in [6, 6.07) is 0. The van der Waals surface area contributed by atoms with Gasteiger partial charge in [-0.05, 0) is 84.9 Å². The molecular weight excluding hydrogens is 334 g/mol. The molecule has 0 aromatic carbocycles. The molecule has 0 N–H and O–H groups in total. The highest BCUT2D eigenvalue weighted by Crippen LogP contribution is 2.80. The number of rotatable bonds is 10. The summed E-state index contributed by atoms with van der Waals surface area (Å²) in [5.74, 6) is 0.811. The van der Waals surface area contributed by atoms with Crippen molar-refractivity contribution in [2.45, 2.75) is 92.3 Å². The molecule has 4 bridgehead atoms. The van der Waals surface area contributed by atoms with Crippen LogP contribution in [0.25, 0.3) is 0 Å². The molecule has 6 fully saturated rings.